The van der Waals surface area contributed by atoms with Gasteiger partial charge >= 0.3 is 0 Å². The van der Waals surface area contributed by atoms with Crippen LogP contribution in [0.3, 0.4) is 0 Å². The van der Waals surface area contributed by atoms with Crippen LogP contribution in [0.1, 0.15) is 22.7 Å². The number of hydrogen-bond acceptors (Lipinski definition) is 2. The molecule has 21 heavy (non-hydrogen) atoms. The Morgan fingerprint density at radius 1 is 1.10 bits per heavy atom. The van der Waals surface area contributed by atoms with Gasteiger partial charge < -0.3 is 10.1 Å². The summed E-state index contributed by atoms with van der Waals surface area (Å²) in [6.45, 7) is 2.04. The first-order chi connectivity index (χ1) is 10.0. The van der Waals surface area contributed by atoms with Gasteiger partial charge in [0, 0.05) is 6.04 Å². The first-order valence-corrected chi connectivity index (χ1v) is 7.56. The largest absolute Gasteiger partial charge is 0.496 e. The zero-order chi connectivity index (χ0) is 15.4. The second-order valence-corrected chi connectivity index (χ2v) is 5.84. The van der Waals surface area contributed by atoms with E-state index in [1.807, 2.05) is 32.2 Å². The topological polar surface area (TPSA) is 21.3 Å². The van der Waals surface area contributed by atoms with Crippen molar-refractivity contribution in [1.82, 2.24) is 5.32 Å². The average molecular weight is 324 g/mol. The Labute approximate surface area is 136 Å². The Morgan fingerprint density at radius 3 is 2.48 bits per heavy atom. The molecule has 2 aromatic carbocycles. The summed E-state index contributed by atoms with van der Waals surface area (Å²) in [7, 11) is 3.65. The van der Waals surface area contributed by atoms with Crippen molar-refractivity contribution in [3.05, 3.63) is 63.1 Å². The van der Waals surface area contributed by atoms with Crippen LogP contribution in [0.5, 0.6) is 5.75 Å². The monoisotopic (exact) mass is 323 g/mol. The lowest BCUT2D eigenvalue weighted by Gasteiger charge is -2.18. The average Bonchev–Trinajstić information content (AvgIpc) is 2.49. The Kier molecular flexibility index (Phi) is 5.51. The smallest absolute Gasteiger partial charge is 0.122 e. The molecule has 2 aromatic rings. The summed E-state index contributed by atoms with van der Waals surface area (Å²) in [6, 6.07) is 12.2. The molecule has 1 atom stereocenters. The van der Waals surface area contributed by atoms with Crippen molar-refractivity contribution >= 4 is 23.2 Å². The van der Waals surface area contributed by atoms with E-state index in [1.54, 1.807) is 7.11 Å². The van der Waals surface area contributed by atoms with Gasteiger partial charge in [0.2, 0.25) is 0 Å². The van der Waals surface area contributed by atoms with Crippen molar-refractivity contribution in [2.75, 3.05) is 14.2 Å². The quantitative estimate of drug-likeness (QED) is 0.852. The minimum Gasteiger partial charge on any atom is -0.496 e. The highest BCUT2D eigenvalue weighted by Crippen LogP contribution is 2.28. The maximum atomic E-state index is 6.08. The third-order valence-corrected chi connectivity index (χ3v) is 4.35. The molecule has 1 N–H and O–H groups in total. The maximum absolute atomic E-state index is 6.08. The highest BCUT2D eigenvalue weighted by Gasteiger charge is 2.13. The number of hydrogen-bond donors (Lipinski definition) is 1. The molecular weight excluding hydrogens is 305 g/mol. The number of nitrogens with one attached hydrogen (secondary N) is 1. The Balaban J connectivity index is 2.25. The van der Waals surface area contributed by atoms with Gasteiger partial charge in [0.15, 0.2) is 0 Å². The number of halogens is 2. The Hall–Kier alpha value is -1.22. The van der Waals surface area contributed by atoms with Crippen LogP contribution in [-0.2, 0) is 6.42 Å². The van der Waals surface area contributed by atoms with Crippen LogP contribution in [0.2, 0.25) is 10.0 Å². The summed E-state index contributed by atoms with van der Waals surface area (Å²) in [5, 5.41) is 4.51. The van der Waals surface area contributed by atoms with Crippen molar-refractivity contribution in [2.45, 2.75) is 19.4 Å². The van der Waals surface area contributed by atoms with Gasteiger partial charge in [-0.2, -0.15) is 0 Å². The molecule has 2 nitrogen and oxygen atoms in total. The Bertz CT molecular complexity index is 628. The van der Waals surface area contributed by atoms with Crippen LogP contribution >= 0.6 is 23.2 Å². The molecule has 2 rings (SSSR count). The second kappa shape index (κ2) is 7.17. The van der Waals surface area contributed by atoms with E-state index in [0.717, 1.165) is 23.3 Å². The molecule has 0 spiro atoms. The van der Waals surface area contributed by atoms with Crippen molar-refractivity contribution in [1.29, 1.82) is 0 Å². The molecule has 0 aliphatic rings. The van der Waals surface area contributed by atoms with Gasteiger partial charge in [0.1, 0.15) is 5.75 Å². The van der Waals surface area contributed by atoms with Crippen LogP contribution in [-0.4, -0.2) is 14.2 Å². The van der Waals surface area contributed by atoms with Crippen molar-refractivity contribution in [3.8, 4) is 5.75 Å². The van der Waals surface area contributed by atoms with E-state index in [1.165, 1.54) is 5.56 Å². The number of aryl methyl sites for hydroxylation is 1. The van der Waals surface area contributed by atoms with Gasteiger partial charge in [-0.15, -0.1) is 0 Å². The summed E-state index contributed by atoms with van der Waals surface area (Å²) < 4.78 is 5.40. The molecule has 1 unspecified atom stereocenters. The van der Waals surface area contributed by atoms with Crippen LogP contribution < -0.4 is 10.1 Å². The minimum atomic E-state index is 0.191. The molecule has 0 fully saturated rings. The highest BCUT2D eigenvalue weighted by atomic mass is 35.5. The van der Waals surface area contributed by atoms with Gasteiger partial charge in [0.05, 0.1) is 17.2 Å². The fraction of sp³-hybridized carbons (Fsp3) is 0.294. The summed E-state index contributed by atoms with van der Waals surface area (Å²) in [5.41, 5.74) is 3.46. The van der Waals surface area contributed by atoms with E-state index >= 15 is 0 Å². The zero-order valence-electron chi connectivity index (χ0n) is 12.4. The van der Waals surface area contributed by atoms with E-state index in [0.29, 0.717) is 10.0 Å². The van der Waals surface area contributed by atoms with Gasteiger partial charge in [-0.1, -0.05) is 41.4 Å². The van der Waals surface area contributed by atoms with Gasteiger partial charge in [0.25, 0.3) is 0 Å². The first-order valence-electron chi connectivity index (χ1n) is 6.81. The molecule has 0 aromatic heterocycles. The molecule has 0 saturated heterocycles. The molecule has 0 heterocycles. The minimum absolute atomic E-state index is 0.191. The lowest BCUT2D eigenvalue weighted by atomic mass is 9.98. The SMILES string of the molecule is CNC(Cc1ccc(Cl)c(Cl)c1)c1ccc(C)c(OC)c1. The van der Waals surface area contributed by atoms with Gasteiger partial charge in [-0.25, -0.2) is 0 Å². The summed E-state index contributed by atoms with van der Waals surface area (Å²) in [4.78, 5) is 0. The Morgan fingerprint density at radius 2 is 1.86 bits per heavy atom. The maximum Gasteiger partial charge on any atom is 0.122 e. The van der Waals surface area contributed by atoms with Crippen LogP contribution in [0.25, 0.3) is 0 Å². The number of ether oxygens (including phenoxy) is 1. The molecule has 0 aliphatic carbocycles. The van der Waals surface area contributed by atoms with Crippen molar-refractivity contribution in [2.24, 2.45) is 0 Å². The fourth-order valence-corrected chi connectivity index (χ4v) is 2.66. The normalized spacial score (nSPS) is 12.2. The number of methoxy groups -OCH3 is 1. The standard InChI is InChI=1S/C17H19Cl2NO/c1-11-4-6-13(10-17(11)21-3)16(20-2)9-12-5-7-14(18)15(19)8-12/h4-8,10,16,20H,9H2,1-3H3. The van der Waals surface area contributed by atoms with E-state index in [4.69, 9.17) is 27.9 Å². The molecule has 0 saturated carbocycles. The lowest BCUT2D eigenvalue weighted by molar-refractivity contribution is 0.410. The zero-order valence-corrected chi connectivity index (χ0v) is 13.9. The molecular formula is C17H19Cl2NO. The summed E-state index contributed by atoms with van der Waals surface area (Å²) in [6.07, 6.45) is 0.833. The van der Waals surface area contributed by atoms with Gasteiger partial charge in [-0.3, -0.25) is 0 Å². The number of benzene rings is 2. The van der Waals surface area contributed by atoms with Gasteiger partial charge in [-0.05, 0) is 55.3 Å². The molecule has 112 valence electrons. The predicted molar refractivity (Wildman–Crippen MR) is 89.7 cm³/mol. The molecule has 0 amide bonds. The highest BCUT2D eigenvalue weighted by molar-refractivity contribution is 6.42. The first kappa shape index (κ1) is 16.2. The molecule has 4 heteroatoms. The fourth-order valence-electron chi connectivity index (χ4n) is 2.34. The van der Waals surface area contributed by atoms with E-state index < -0.39 is 0 Å². The number of likely N-dealkylation sites (N-methyl/N-ethyl adjacent to an activating group) is 1. The molecule has 0 bridgehead atoms. The van der Waals surface area contributed by atoms with Crippen LogP contribution in [0.15, 0.2) is 36.4 Å². The summed E-state index contributed by atoms with van der Waals surface area (Å²) >= 11 is 12.0. The molecule has 0 aliphatic heterocycles. The third kappa shape index (κ3) is 3.91. The summed E-state index contributed by atoms with van der Waals surface area (Å²) in [5.74, 6) is 0.905. The van der Waals surface area contributed by atoms with Crippen LogP contribution in [0, 0.1) is 6.92 Å². The van der Waals surface area contributed by atoms with Crippen molar-refractivity contribution < 1.29 is 4.74 Å². The van der Waals surface area contributed by atoms with Crippen LogP contribution in [0.4, 0.5) is 0 Å². The van der Waals surface area contributed by atoms with E-state index in [9.17, 15) is 0 Å². The predicted octanol–water partition coefficient (Wildman–Crippen LogP) is 4.81. The molecule has 0 radical (unpaired) electrons. The van der Waals surface area contributed by atoms with E-state index in [2.05, 4.69) is 23.5 Å². The third-order valence-electron chi connectivity index (χ3n) is 3.61. The number of rotatable bonds is 5. The van der Waals surface area contributed by atoms with E-state index in [-0.39, 0.29) is 6.04 Å². The second-order valence-electron chi connectivity index (χ2n) is 5.02. The lowest BCUT2D eigenvalue weighted by Crippen LogP contribution is -2.19. The van der Waals surface area contributed by atoms with Crippen molar-refractivity contribution in [3.63, 3.8) is 0 Å².